The van der Waals surface area contributed by atoms with Crippen LogP contribution in [0.4, 0.5) is 0 Å². The molecule has 1 nitrogen and oxygen atoms in total. The lowest BCUT2D eigenvalue weighted by molar-refractivity contribution is 0.181. The van der Waals surface area contributed by atoms with Crippen molar-refractivity contribution < 1.29 is 4.74 Å². The SMILES string of the molecule is CC(c1ccccc1)C1CCOC1. The van der Waals surface area contributed by atoms with Crippen molar-refractivity contribution in [2.24, 2.45) is 5.92 Å². The van der Waals surface area contributed by atoms with E-state index in [1.807, 2.05) is 0 Å². The highest BCUT2D eigenvalue weighted by Gasteiger charge is 2.22. The van der Waals surface area contributed by atoms with Gasteiger partial charge in [0.05, 0.1) is 6.61 Å². The van der Waals surface area contributed by atoms with E-state index in [2.05, 4.69) is 37.3 Å². The van der Waals surface area contributed by atoms with E-state index in [0.29, 0.717) is 5.92 Å². The van der Waals surface area contributed by atoms with Gasteiger partial charge in [-0.2, -0.15) is 0 Å². The molecule has 0 bridgehead atoms. The van der Waals surface area contributed by atoms with Crippen molar-refractivity contribution in [3.63, 3.8) is 0 Å². The zero-order valence-electron chi connectivity index (χ0n) is 8.07. The summed E-state index contributed by atoms with van der Waals surface area (Å²) in [4.78, 5) is 0. The summed E-state index contributed by atoms with van der Waals surface area (Å²) in [6.07, 6.45) is 1.22. The summed E-state index contributed by atoms with van der Waals surface area (Å²) < 4.78 is 5.40. The molecule has 1 heterocycles. The topological polar surface area (TPSA) is 9.23 Å². The molecule has 0 N–H and O–H groups in total. The molecular formula is C12H16O. The summed E-state index contributed by atoms with van der Waals surface area (Å²) in [5, 5.41) is 0. The molecule has 1 fully saturated rings. The van der Waals surface area contributed by atoms with Gasteiger partial charge in [-0.1, -0.05) is 37.3 Å². The number of benzene rings is 1. The van der Waals surface area contributed by atoms with Crippen LogP contribution in [0.5, 0.6) is 0 Å². The average Bonchev–Trinajstić information content (AvgIpc) is 2.71. The fraction of sp³-hybridized carbons (Fsp3) is 0.500. The Morgan fingerprint density at radius 3 is 2.69 bits per heavy atom. The lowest BCUT2D eigenvalue weighted by atomic mass is 9.87. The molecular weight excluding hydrogens is 160 g/mol. The van der Waals surface area contributed by atoms with Crippen molar-refractivity contribution in [3.05, 3.63) is 35.9 Å². The molecule has 0 radical (unpaired) electrons. The third-order valence-electron chi connectivity index (χ3n) is 3.00. The highest BCUT2D eigenvalue weighted by Crippen LogP contribution is 2.29. The van der Waals surface area contributed by atoms with Crippen LogP contribution in [0, 0.1) is 5.92 Å². The number of hydrogen-bond acceptors (Lipinski definition) is 1. The summed E-state index contributed by atoms with van der Waals surface area (Å²) in [7, 11) is 0. The smallest absolute Gasteiger partial charge is 0.0500 e. The van der Waals surface area contributed by atoms with Crippen LogP contribution >= 0.6 is 0 Å². The fourth-order valence-electron chi connectivity index (χ4n) is 1.98. The summed E-state index contributed by atoms with van der Waals surface area (Å²) in [5.74, 6) is 1.37. The first-order valence-corrected chi connectivity index (χ1v) is 5.00. The molecule has 0 saturated carbocycles. The Balaban J connectivity index is 2.08. The summed E-state index contributed by atoms with van der Waals surface area (Å²) in [6, 6.07) is 10.7. The predicted octanol–water partition coefficient (Wildman–Crippen LogP) is 2.83. The minimum absolute atomic E-state index is 0.642. The van der Waals surface area contributed by atoms with Crippen LogP contribution in [0.2, 0.25) is 0 Å². The van der Waals surface area contributed by atoms with E-state index in [-0.39, 0.29) is 0 Å². The molecule has 1 saturated heterocycles. The monoisotopic (exact) mass is 176 g/mol. The Hall–Kier alpha value is -0.820. The molecule has 1 aliphatic heterocycles. The molecule has 1 aromatic rings. The van der Waals surface area contributed by atoms with Crippen molar-refractivity contribution in [1.82, 2.24) is 0 Å². The maximum absolute atomic E-state index is 5.40. The van der Waals surface area contributed by atoms with Crippen LogP contribution in [0.3, 0.4) is 0 Å². The molecule has 70 valence electrons. The zero-order valence-corrected chi connectivity index (χ0v) is 8.07. The Bertz CT molecular complexity index is 249. The second-order valence-electron chi connectivity index (χ2n) is 3.82. The number of ether oxygens (including phenoxy) is 1. The third-order valence-corrected chi connectivity index (χ3v) is 3.00. The van der Waals surface area contributed by atoms with Gasteiger partial charge >= 0.3 is 0 Å². The van der Waals surface area contributed by atoms with Gasteiger partial charge in [-0.15, -0.1) is 0 Å². The Kier molecular flexibility index (Phi) is 2.65. The molecule has 0 spiro atoms. The Morgan fingerprint density at radius 1 is 1.31 bits per heavy atom. The number of rotatable bonds is 2. The van der Waals surface area contributed by atoms with Gasteiger partial charge in [0.2, 0.25) is 0 Å². The first-order chi connectivity index (χ1) is 6.38. The molecule has 0 aliphatic carbocycles. The van der Waals surface area contributed by atoms with Gasteiger partial charge in [0.25, 0.3) is 0 Å². The Labute approximate surface area is 79.7 Å². The minimum Gasteiger partial charge on any atom is -0.381 e. The van der Waals surface area contributed by atoms with Crippen molar-refractivity contribution in [1.29, 1.82) is 0 Å². The highest BCUT2D eigenvalue weighted by molar-refractivity contribution is 5.19. The summed E-state index contributed by atoms with van der Waals surface area (Å²) >= 11 is 0. The van der Waals surface area contributed by atoms with Gasteiger partial charge in [0.15, 0.2) is 0 Å². The van der Waals surface area contributed by atoms with Crippen LogP contribution in [0.25, 0.3) is 0 Å². The van der Waals surface area contributed by atoms with Gasteiger partial charge in [0, 0.05) is 6.61 Å². The first kappa shape index (κ1) is 8.76. The lowest BCUT2D eigenvalue weighted by Gasteiger charge is -2.17. The molecule has 2 unspecified atom stereocenters. The van der Waals surface area contributed by atoms with Crippen LogP contribution in [-0.4, -0.2) is 13.2 Å². The normalized spacial score (nSPS) is 24.5. The van der Waals surface area contributed by atoms with Gasteiger partial charge in [-0.3, -0.25) is 0 Å². The lowest BCUT2D eigenvalue weighted by Crippen LogP contribution is -2.09. The molecule has 1 aliphatic rings. The van der Waals surface area contributed by atoms with Crippen molar-refractivity contribution in [2.45, 2.75) is 19.3 Å². The van der Waals surface area contributed by atoms with Crippen LogP contribution in [-0.2, 0) is 4.74 Å². The first-order valence-electron chi connectivity index (χ1n) is 5.00. The van der Waals surface area contributed by atoms with Crippen LogP contribution < -0.4 is 0 Å². The quantitative estimate of drug-likeness (QED) is 0.673. The van der Waals surface area contributed by atoms with E-state index in [4.69, 9.17) is 4.74 Å². The summed E-state index contributed by atoms with van der Waals surface area (Å²) in [6.45, 7) is 4.19. The van der Waals surface area contributed by atoms with Gasteiger partial charge in [-0.05, 0) is 23.8 Å². The van der Waals surface area contributed by atoms with Crippen molar-refractivity contribution >= 4 is 0 Å². The zero-order chi connectivity index (χ0) is 9.10. The van der Waals surface area contributed by atoms with Crippen LogP contribution in [0.15, 0.2) is 30.3 Å². The van der Waals surface area contributed by atoms with Crippen LogP contribution in [0.1, 0.15) is 24.8 Å². The van der Waals surface area contributed by atoms with Gasteiger partial charge < -0.3 is 4.74 Å². The third kappa shape index (κ3) is 1.92. The molecule has 13 heavy (non-hydrogen) atoms. The van der Waals surface area contributed by atoms with E-state index >= 15 is 0 Å². The molecule has 1 heteroatoms. The molecule has 1 aromatic carbocycles. The minimum atomic E-state index is 0.642. The van der Waals surface area contributed by atoms with Crippen molar-refractivity contribution in [3.8, 4) is 0 Å². The fourth-order valence-corrected chi connectivity index (χ4v) is 1.98. The van der Waals surface area contributed by atoms with Crippen molar-refractivity contribution in [2.75, 3.05) is 13.2 Å². The maximum atomic E-state index is 5.40. The Morgan fingerprint density at radius 2 is 2.08 bits per heavy atom. The second kappa shape index (κ2) is 3.93. The van der Waals surface area contributed by atoms with E-state index < -0.39 is 0 Å². The van der Waals surface area contributed by atoms with E-state index in [1.54, 1.807) is 0 Å². The van der Waals surface area contributed by atoms with E-state index in [0.717, 1.165) is 19.1 Å². The average molecular weight is 176 g/mol. The predicted molar refractivity (Wildman–Crippen MR) is 53.8 cm³/mol. The number of hydrogen-bond donors (Lipinski definition) is 0. The standard InChI is InChI=1S/C12H16O/c1-10(12-7-8-13-9-12)11-5-3-2-4-6-11/h2-6,10,12H,7-9H2,1H3. The summed E-state index contributed by atoms with van der Waals surface area (Å²) in [5.41, 5.74) is 1.44. The molecule has 2 atom stereocenters. The van der Waals surface area contributed by atoms with Gasteiger partial charge in [0.1, 0.15) is 0 Å². The molecule has 2 rings (SSSR count). The van der Waals surface area contributed by atoms with E-state index in [9.17, 15) is 0 Å². The van der Waals surface area contributed by atoms with Gasteiger partial charge in [-0.25, -0.2) is 0 Å². The molecule has 0 amide bonds. The molecule has 0 aromatic heterocycles. The van der Waals surface area contributed by atoms with E-state index in [1.165, 1.54) is 12.0 Å². The second-order valence-corrected chi connectivity index (χ2v) is 3.82. The highest BCUT2D eigenvalue weighted by atomic mass is 16.5. The maximum Gasteiger partial charge on any atom is 0.0500 e. The largest absolute Gasteiger partial charge is 0.381 e.